The molecule has 4 heterocycles. The Morgan fingerprint density at radius 1 is 1.06 bits per heavy atom. The standard InChI is InChI=1S/C26H35N5O2/c32-24(9-8-19-5-1-2-6-19)31-15-4-3-7-23(31)25-28-22-18-30(16-12-21(22)26(33)29-25)17-20-10-13-27-14-11-20/h10-11,13-14,19,23H,1-9,12,15-18H2,(H,28,29,33). The lowest BCUT2D eigenvalue weighted by atomic mass is 9.97. The molecule has 7 heteroatoms. The minimum Gasteiger partial charge on any atom is -0.333 e. The third-order valence-electron chi connectivity index (χ3n) is 7.71. The number of amides is 1. The van der Waals surface area contributed by atoms with Crippen LogP contribution in [0.1, 0.15) is 86.5 Å². The van der Waals surface area contributed by atoms with Crippen LogP contribution in [0.4, 0.5) is 0 Å². The SMILES string of the molecule is O=C(CCC1CCCC1)N1CCCCC1c1nc2c(c(=O)[nH]1)CCN(Cc1ccncc1)C2. The van der Waals surface area contributed by atoms with Gasteiger partial charge in [-0.2, -0.15) is 0 Å². The molecule has 2 aromatic heterocycles. The summed E-state index contributed by atoms with van der Waals surface area (Å²) >= 11 is 0. The van der Waals surface area contributed by atoms with E-state index in [9.17, 15) is 9.59 Å². The molecule has 2 fully saturated rings. The van der Waals surface area contributed by atoms with Crippen molar-refractivity contribution in [3.8, 4) is 0 Å². The fraction of sp³-hybridized carbons (Fsp3) is 0.615. The maximum atomic E-state index is 13.2. The Hall–Kier alpha value is -2.54. The summed E-state index contributed by atoms with van der Waals surface area (Å²) in [5.74, 6) is 1.62. The Morgan fingerprint density at radius 2 is 1.85 bits per heavy atom. The van der Waals surface area contributed by atoms with Crippen molar-refractivity contribution in [3.05, 3.63) is 57.5 Å². The second-order valence-corrected chi connectivity index (χ2v) is 9.98. The number of rotatable bonds is 6. The van der Waals surface area contributed by atoms with Crippen molar-refractivity contribution in [2.24, 2.45) is 5.92 Å². The third kappa shape index (κ3) is 5.18. The lowest BCUT2D eigenvalue weighted by Crippen LogP contribution is -2.41. The fourth-order valence-electron chi connectivity index (χ4n) is 5.84. The number of fused-ring (bicyclic) bond motifs is 1. The highest BCUT2D eigenvalue weighted by molar-refractivity contribution is 5.76. The number of pyridine rings is 1. The summed E-state index contributed by atoms with van der Waals surface area (Å²) in [4.78, 5) is 42.6. The summed E-state index contributed by atoms with van der Waals surface area (Å²) in [6.07, 6.45) is 14.1. The number of likely N-dealkylation sites (tertiary alicyclic amines) is 1. The Balaban J connectivity index is 1.31. The van der Waals surface area contributed by atoms with E-state index in [4.69, 9.17) is 4.98 Å². The molecule has 7 nitrogen and oxygen atoms in total. The molecule has 176 valence electrons. The van der Waals surface area contributed by atoms with Crippen molar-refractivity contribution in [1.82, 2.24) is 24.8 Å². The monoisotopic (exact) mass is 449 g/mol. The van der Waals surface area contributed by atoms with E-state index in [1.54, 1.807) is 0 Å². The number of H-pyrrole nitrogens is 1. The largest absolute Gasteiger partial charge is 0.333 e. The number of nitrogens with zero attached hydrogens (tertiary/aromatic N) is 4. The second kappa shape index (κ2) is 10.2. The normalized spacial score (nSPS) is 21.8. The zero-order valence-corrected chi connectivity index (χ0v) is 19.5. The molecule has 33 heavy (non-hydrogen) atoms. The van der Waals surface area contributed by atoms with Crippen LogP contribution in [-0.4, -0.2) is 43.7 Å². The molecule has 1 atom stereocenters. The number of carbonyl (C=O) groups excluding carboxylic acids is 1. The fourth-order valence-corrected chi connectivity index (χ4v) is 5.84. The molecule has 1 N–H and O–H groups in total. The van der Waals surface area contributed by atoms with E-state index in [1.165, 1.54) is 31.2 Å². The van der Waals surface area contributed by atoms with Gasteiger partial charge in [-0.05, 0) is 55.7 Å². The van der Waals surface area contributed by atoms with E-state index in [0.29, 0.717) is 31.1 Å². The third-order valence-corrected chi connectivity index (χ3v) is 7.71. The van der Waals surface area contributed by atoms with Gasteiger partial charge in [0.05, 0.1) is 11.7 Å². The smallest absolute Gasteiger partial charge is 0.254 e. The van der Waals surface area contributed by atoms with Crippen molar-refractivity contribution in [2.75, 3.05) is 13.1 Å². The van der Waals surface area contributed by atoms with Gasteiger partial charge in [0, 0.05) is 50.6 Å². The number of hydrogen-bond donors (Lipinski definition) is 1. The van der Waals surface area contributed by atoms with Gasteiger partial charge >= 0.3 is 0 Å². The molecule has 3 aliphatic rings. The molecule has 0 bridgehead atoms. The minimum absolute atomic E-state index is 0.0255. The minimum atomic E-state index is -0.108. The van der Waals surface area contributed by atoms with E-state index in [2.05, 4.69) is 14.9 Å². The average molecular weight is 450 g/mol. The number of nitrogens with one attached hydrogen (secondary N) is 1. The quantitative estimate of drug-likeness (QED) is 0.726. The molecule has 1 unspecified atom stereocenters. The van der Waals surface area contributed by atoms with Gasteiger partial charge < -0.3 is 9.88 Å². The summed E-state index contributed by atoms with van der Waals surface area (Å²) in [5, 5.41) is 0. The van der Waals surface area contributed by atoms with Crippen LogP contribution >= 0.6 is 0 Å². The van der Waals surface area contributed by atoms with Crippen LogP contribution < -0.4 is 5.56 Å². The van der Waals surface area contributed by atoms with Crippen LogP contribution in [0.15, 0.2) is 29.3 Å². The van der Waals surface area contributed by atoms with E-state index in [0.717, 1.165) is 56.6 Å². The first-order valence-electron chi connectivity index (χ1n) is 12.7. The first kappa shape index (κ1) is 22.3. The number of hydrogen-bond acceptors (Lipinski definition) is 5. The van der Waals surface area contributed by atoms with Crippen LogP contribution in [0.5, 0.6) is 0 Å². The first-order chi connectivity index (χ1) is 16.2. The molecule has 2 aliphatic heterocycles. The second-order valence-electron chi connectivity index (χ2n) is 9.98. The average Bonchev–Trinajstić information content (AvgIpc) is 3.37. The summed E-state index contributed by atoms with van der Waals surface area (Å²) < 4.78 is 0. The molecular formula is C26H35N5O2. The molecule has 0 spiro atoms. The Labute approximate surface area is 195 Å². The first-order valence-corrected chi connectivity index (χ1v) is 12.7. The molecule has 1 aliphatic carbocycles. The highest BCUT2D eigenvalue weighted by Crippen LogP contribution is 2.32. The van der Waals surface area contributed by atoms with Crippen molar-refractivity contribution >= 4 is 5.91 Å². The zero-order chi connectivity index (χ0) is 22.6. The van der Waals surface area contributed by atoms with Gasteiger partial charge in [-0.25, -0.2) is 4.98 Å². The summed E-state index contributed by atoms with van der Waals surface area (Å²) in [6, 6.07) is 3.95. The van der Waals surface area contributed by atoms with Crippen LogP contribution in [-0.2, 0) is 24.3 Å². The van der Waals surface area contributed by atoms with Crippen molar-refractivity contribution in [2.45, 2.75) is 83.3 Å². The van der Waals surface area contributed by atoms with Gasteiger partial charge in [0.1, 0.15) is 5.82 Å². The van der Waals surface area contributed by atoms with Gasteiger partial charge in [-0.1, -0.05) is 25.7 Å². The predicted molar refractivity (Wildman–Crippen MR) is 126 cm³/mol. The van der Waals surface area contributed by atoms with Gasteiger partial charge in [-0.3, -0.25) is 19.5 Å². The highest BCUT2D eigenvalue weighted by atomic mass is 16.2. The molecule has 1 saturated carbocycles. The van der Waals surface area contributed by atoms with Crippen LogP contribution in [0.2, 0.25) is 0 Å². The Bertz CT molecular complexity index is 1020. The lowest BCUT2D eigenvalue weighted by Gasteiger charge is -2.36. The topological polar surface area (TPSA) is 82.2 Å². The van der Waals surface area contributed by atoms with Crippen molar-refractivity contribution in [1.29, 1.82) is 0 Å². The van der Waals surface area contributed by atoms with Gasteiger partial charge in [-0.15, -0.1) is 0 Å². The molecule has 1 amide bonds. The summed E-state index contributed by atoms with van der Waals surface area (Å²) in [6.45, 7) is 3.09. The molecule has 1 saturated heterocycles. The number of piperidine rings is 1. The van der Waals surface area contributed by atoms with Crippen LogP contribution in [0, 0.1) is 5.92 Å². The van der Waals surface area contributed by atoms with Gasteiger partial charge in [0.25, 0.3) is 5.56 Å². The molecular weight excluding hydrogens is 414 g/mol. The van der Waals surface area contributed by atoms with Crippen molar-refractivity contribution < 1.29 is 4.79 Å². The molecule has 0 radical (unpaired) electrons. The van der Waals surface area contributed by atoms with Gasteiger partial charge in [0.2, 0.25) is 5.91 Å². The van der Waals surface area contributed by atoms with Crippen molar-refractivity contribution in [3.63, 3.8) is 0 Å². The molecule has 2 aromatic rings. The predicted octanol–water partition coefficient (Wildman–Crippen LogP) is 3.75. The zero-order valence-electron chi connectivity index (χ0n) is 19.5. The maximum absolute atomic E-state index is 13.2. The Kier molecular flexibility index (Phi) is 6.85. The van der Waals surface area contributed by atoms with E-state index in [-0.39, 0.29) is 17.5 Å². The van der Waals surface area contributed by atoms with Crippen LogP contribution in [0.3, 0.4) is 0 Å². The van der Waals surface area contributed by atoms with Crippen LogP contribution in [0.25, 0.3) is 0 Å². The highest BCUT2D eigenvalue weighted by Gasteiger charge is 2.31. The Morgan fingerprint density at radius 3 is 2.67 bits per heavy atom. The number of carbonyl (C=O) groups is 1. The number of aromatic amines is 1. The lowest BCUT2D eigenvalue weighted by molar-refractivity contribution is -0.135. The number of aromatic nitrogens is 3. The maximum Gasteiger partial charge on any atom is 0.254 e. The summed E-state index contributed by atoms with van der Waals surface area (Å²) in [7, 11) is 0. The van der Waals surface area contributed by atoms with E-state index < -0.39 is 0 Å². The van der Waals surface area contributed by atoms with E-state index in [1.807, 2.05) is 29.4 Å². The summed E-state index contributed by atoms with van der Waals surface area (Å²) in [5.41, 5.74) is 2.87. The molecule has 5 rings (SSSR count). The molecule has 0 aromatic carbocycles. The van der Waals surface area contributed by atoms with Gasteiger partial charge in [0.15, 0.2) is 0 Å². The van der Waals surface area contributed by atoms with E-state index >= 15 is 0 Å².